The lowest BCUT2D eigenvalue weighted by Gasteiger charge is -2.17. The van der Waals surface area contributed by atoms with E-state index < -0.39 is 30.0 Å². The number of carbonyl (C=O) groups is 4. The predicted molar refractivity (Wildman–Crippen MR) is 67.6 cm³/mol. The SMILES string of the molecule is NC(=O)NCCC[C@H](NC(=O)[C@@H]1CCC(=O)N1)C(=O)O. The van der Waals surface area contributed by atoms with Crippen LogP contribution in [0.5, 0.6) is 0 Å². The molecule has 0 aromatic carbocycles. The fourth-order valence-corrected chi connectivity index (χ4v) is 1.86. The number of aliphatic carboxylic acids is 1. The lowest BCUT2D eigenvalue weighted by Crippen LogP contribution is -2.49. The molecule has 1 saturated heterocycles. The average molecular weight is 286 g/mol. The molecule has 9 nitrogen and oxygen atoms in total. The standard InChI is InChI=1S/C11H18N4O5/c12-11(20)13-5-1-2-7(10(18)19)15-9(17)6-3-4-8(16)14-6/h6-7H,1-5H2,(H,14,16)(H,15,17)(H,18,19)(H3,12,13,20)/t6-,7-/m0/s1. The Morgan fingerprint density at radius 3 is 2.65 bits per heavy atom. The minimum absolute atomic E-state index is 0.155. The summed E-state index contributed by atoms with van der Waals surface area (Å²) >= 11 is 0. The normalized spacial score (nSPS) is 19.0. The molecule has 0 bridgehead atoms. The van der Waals surface area contributed by atoms with Crippen LogP contribution in [0.25, 0.3) is 0 Å². The first-order valence-electron chi connectivity index (χ1n) is 6.26. The van der Waals surface area contributed by atoms with E-state index in [1.54, 1.807) is 0 Å². The molecule has 1 aliphatic rings. The Bertz CT molecular complexity index is 412. The van der Waals surface area contributed by atoms with Crippen molar-refractivity contribution < 1.29 is 24.3 Å². The topological polar surface area (TPSA) is 151 Å². The van der Waals surface area contributed by atoms with E-state index in [2.05, 4.69) is 16.0 Å². The molecule has 0 unspecified atom stereocenters. The molecular formula is C11H18N4O5. The first-order chi connectivity index (χ1) is 9.40. The number of hydrogen-bond acceptors (Lipinski definition) is 4. The molecule has 4 amide bonds. The number of nitrogens with two attached hydrogens (primary N) is 1. The third-order valence-electron chi connectivity index (χ3n) is 2.90. The maximum Gasteiger partial charge on any atom is 0.326 e. The van der Waals surface area contributed by atoms with Crippen molar-refractivity contribution in [3.05, 3.63) is 0 Å². The molecule has 9 heteroatoms. The molecule has 20 heavy (non-hydrogen) atoms. The number of primary amides is 1. The van der Waals surface area contributed by atoms with Gasteiger partial charge in [-0.2, -0.15) is 0 Å². The maximum atomic E-state index is 11.8. The zero-order valence-electron chi connectivity index (χ0n) is 10.8. The van der Waals surface area contributed by atoms with Crippen LogP contribution in [0, 0.1) is 0 Å². The van der Waals surface area contributed by atoms with E-state index in [1.165, 1.54) is 0 Å². The van der Waals surface area contributed by atoms with Crippen LogP contribution in [0.3, 0.4) is 0 Å². The minimum atomic E-state index is -1.17. The van der Waals surface area contributed by atoms with Gasteiger partial charge in [0.1, 0.15) is 12.1 Å². The van der Waals surface area contributed by atoms with E-state index in [0.717, 1.165) is 0 Å². The number of carboxylic acids is 1. The number of hydrogen-bond donors (Lipinski definition) is 5. The van der Waals surface area contributed by atoms with Crippen molar-refractivity contribution in [2.45, 2.75) is 37.8 Å². The second-order valence-electron chi connectivity index (χ2n) is 4.49. The molecule has 1 heterocycles. The van der Waals surface area contributed by atoms with Crippen LogP contribution in [0.2, 0.25) is 0 Å². The second kappa shape index (κ2) is 7.31. The van der Waals surface area contributed by atoms with Crippen molar-refractivity contribution in [3.63, 3.8) is 0 Å². The fourth-order valence-electron chi connectivity index (χ4n) is 1.86. The Morgan fingerprint density at radius 1 is 1.45 bits per heavy atom. The fraction of sp³-hybridized carbons (Fsp3) is 0.636. The summed E-state index contributed by atoms with van der Waals surface area (Å²) in [6, 6.07) is -2.42. The first-order valence-corrected chi connectivity index (χ1v) is 6.26. The highest BCUT2D eigenvalue weighted by atomic mass is 16.4. The minimum Gasteiger partial charge on any atom is -0.480 e. The molecule has 1 fully saturated rings. The van der Waals surface area contributed by atoms with E-state index in [0.29, 0.717) is 12.8 Å². The summed E-state index contributed by atoms with van der Waals surface area (Å²) < 4.78 is 0. The Morgan fingerprint density at radius 2 is 2.15 bits per heavy atom. The Balaban J connectivity index is 2.38. The molecule has 1 aliphatic heterocycles. The summed E-state index contributed by atoms with van der Waals surface area (Å²) in [5, 5.41) is 16.2. The molecule has 0 saturated carbocycles. The van der Waals surface area contributed by atoms with Crippen molar-refractivity contribution in [1.82, 2.24) is 16.0 Å². The summed E-state index contributed by atoms with van der Waals surface area (Å²) in [5.41, 5.74) is 4.87. The van der Waals surface area contributed by atoms with Crippen LogP contribution in [0.15, 0.2) is 0 Å². The van der Waals surface area contributed by atoms with Crippen molar-refractivity contribution in [2.24, 2.45) is 5.73 Å². The van der Waals surface area contributed by atoms with Gasteiger partial charge >= 0.3 is 12.0 Å². The molecule has 112 valence electrons. The molecular weight excluding hydrogens is 268 g/mol. The van der Waals surface area contributed by atoms with Gasteiger partial charge in [0.15, 0.2) is 0 Å². The van der Waals surface area contributed by atoms with E-state index in [1.807, 2.05) is 0 Å². The van der Waals surface area contributed by atoms with Gasteiger partial charge in [0.25, 0.3) is 0 Å². The third-order valence-corrected chi connectivity index (χ3v) is 2.90. The van der Waals surface area contributed by atoms with E-state index >= 15 is 0 Å². The number of carbonyl (C=O) groups excluding carboxylic acids is 3. The smallest absolute Gasteiger partial charge is 0.326 e. The molecule has 0 radical (unpaired) electrons. The van der Waals surface area contributed by atoms with Crippen LogP contribution < -0.4 is 21.7 Å². The number of rotatable bonds is 7. The molecule has 0 aliphatic carbocycles. The van der Waals surface area contributed by atoms with Gasteiger partial charge < -0.3 is 26.8 Å². The van der Waals surface area contributed by atoms with Crippen molar-refractivity contribution in [3.8, 4) is 0 Å². The van der Waals surface area contributed by atoms with Crippen molar-refractivity contribution in [1.29, 1.82) is 0 Å². The highest BCUT2D eigenvalue weighted by Gasteiger charge is 2.30. The average Bonchev–Trinajstić information content (AvgIpc) is 2.79. The summed E-state index contributed by atoms with van der Waals surface area (Å²) in [7, 11) is 0. The predicted octanol–water partition coefficient (Wildman–Crippen LogP) is -1.72. The van der Waals surface area contributed by atoms with Crippen LogP contribution in [-0.4, -0.2) is 47.5 Å². The first kappa shape index (κ1) is 15.7. The van der Waals surface area contributed by atoms with Gasteiger partial charge in [-0.3, -0.25) is 9.59 Å². The Hall–Kier alpha value is -2.32. The third kappa shape index (κ3) is 5.12. The van der Waals surface area contributed by atoms with Gasteiger partial charge in [-0.15, -0.1) is 0 Å². The number of amides is 4. The molecule has 6 N–H and O–H groups in total. The quantitative estimate of drug-likeness (QED) is 0.353. The summed E-state index contributed by atoms with van der Waals surface area (Å²) in [5.74, 6) is -1.89. The lowest BCUT2D eigenvalue weighted by atomic mass is 10.1. The molecule has 0 aromatic heterocycles. The second-order valence-corrected chi connectivity index (χ2v) is 4.49. The van der Waals surface area contributed by atoms with Gasteiger partial charge in [-0.1, -0.05) is 0 Å². The van der Waals surface area contributed by atoms with Crippen LogP contribution in [-0.2, 0) is 14.4 Å². The molecule has 0 spiro atoms. The highest BCUT2D eigenvalue weighted by Crippen LogP contribution is 2.07. The zero-order valence-corrected chi connectivity index (χ0v) is 10.8. The molecule has 2 atom stereocenters. The Kier molecular flexibility index (Phi) is 5.75. The zero-order chi connectivity index (χ0) is 15.1. The monoisotopic (exact) mass is 286 g/mol. The van der Waals surface area contributed by atoms with Gasteiger partial charge in [-0.05, 0) is 19.3 Å². The van der Waals surface area contributed by atoms with Crippen LogP contribution >= 0.6 is 0 Å². The van der Waals surface area contributed by atoms with Crippen LogP contribution in [0.4, 0.5) is 4.79 Å². The van der Waals surface area contributed by atoms with Gasteiger partial charge in [0.05, 0.1) is 0 Å². The summed E-state index contributed by atoms with van der Waals surface area (Å²) in [6.07, 6.45) is 1.14. The van der Waals surface area contributed by atoms with E-state index in [-0.39, 0.29) is 25.3 Å². The Labute approximate surface area is 115 Å². The van der Waals surface area contributed by atoms with Crippen molar-refractivity contribution >= 4 is 23.8 Å². The van der Waals surface area contributed by atoms with Gasteiger partial charge in [0.2, 0.25) is 11.8 Å². The van der Waals surface area contributed by atoms with E-state index in [9.17, 15) is 19.2 Å². The number of nitrogens with one attached hydrogen (secondary N) is 3. The molecule has 1 rings (SSSR count). The lowest BCUT2D eigenvalue weighted by molar-refractivity contribution is -0.142. The number of carboxylic acid groups (broad SMARTS) is 1. The largest absolute Gasteiger partial charge is 0.480 e. The summed E-state index contributed by atoms with van der Waals surface area (Å²) in [4.78, 5) is 44.2. The number of urea groups is 1. The maximum absolute atomic E-state index is 11.8. The van der Waals surface area contributed by atoms with Crippen molar-refractivity contribution in [2.75, 3.05) is 6.54 Å². The highest BCUT2D eigenvalue weighted by molar-refractivity contribution is 5.92. The summed E-state index contributed by atoms with van der Waals surface area (Å²) in [6.45, 7) is 0.231. The van der Waals surface area contributed by atoms with E-state index in [4.69, 9.17) is 10.8 Å². The van der Waals surface area contributed by atoms with Gasteiger partial charge in [-0.25, -0.2) is 9.59 Å². The van der Waals surface area contributed by atoms with Crippen LogP contribution in [0.1, 0.15) is 25.7 Å². The molecule has 0 aromatic rings. The van der Waals surface area contributed by atoms with Gasteiger partial charge in [0, 0.05) is 13.0 Å².